The molecule has 7 heteroatoms. The standard InChI is InChI=1S/C20H24FN3O3/c1-13-14-5-2-6-15(21)17(14)22-16(13)18(26)24-10-4-8-20(24)7-3-9-23(11-12-25)19(20)27/h2,5-6,22,25H,3-4,7-12H2,1H3. The van der Waals surface area contributed by atoms with Crippen molar-refractivity contribution in [3.8, 4) is 0 Å². The molecule has 0 aliphatic carbocycles. The smallest absolute Gasteiger partial charge is 0.271 e. The molecule has 4 rings (SSSR count). The molecule has 144 valence electrons. The van der Waals surface area contributed by atoms with Gasteiger partial charge in [-0.2, -0.15) is 0 Å². The molecule has 2 aliphatic heterocycles. The number of benzene rings is 1. The van der Waals surface area contributed by atoms with Gasteiger partial charge in [0.05, 0.1) is 12.1 Å². The van der Waals surface area contributed by atoms with E-state index in [9.17, 15) is 19.1 Å². The van der Waals surface area contributed by atoms with Gasteiger partial charge in [0.25, 0.3) is 5.91 Å². The van der Waals surface area contributed by atoms with Crippen LogP contribution in [0.3, 0.4) is 0 Å². The van der Waals surface area contributed by atoms with E-state index in [-0.39, 0.29) is 18.4 Å². The van der Waals surface area contributed by atoms with Crippen molar-refractivity contribution in [1.82, 2.24) is 14.8 Å². The molecular weight excluding hydrogens is 349 g/mol. The molecule has 2 aliphatic rings. The molecule has 2 N–H and O–H groups in total. The number of rotatable bonds is 3. The summed E-state index contributed by atoms with van der Waals surface area (Å²) < 4.78 is 14.1. The number of fused-ring (bicyclic) bond motifs is 1. The van der Waals surface area contributed by atoms with Crippen molar-refractivity contribution in [3.63, 3.8) is 0 Å². The van der Waals surface area contributed by atoms with E-state index < -0.39 is 11.4 Å². The van der Waals surface area contributed by atoms with Gasteiger partial charge in [-0.1, -0.05) is 12.1 Å². The van der Waals surface area contributed by atoms with E-state index in [0.29, 0.717) is 54.6 Å². The van der Waals surface area contributed by atoms with Crippen LogP contribution in [-0.2, 0) is 4.79 Å². The molecule has 1 unspecified atom stereocenters. The van der Waals surface area contributed by atoms with Crippen LogP contribution in [-0.4, -0.2) is 63.5 Å². The molecule has 6 nitrogen and oxygen atoms in total. The fraction of sp³-hybridized carbons (Fsp3) is 0.500. The number of nitrogens with one attached hydrogen (secondary N) is 1. The molecular formula is C20H24FN3O3. The molecule has 0 bridgehead atoms. The Bertz CT molecular complexity index is 907. The first kappa shape index (κ1) is 18.0. The molecule has 1 aromatic heterocycles. The molecule has 2 aromatic rings. The van der Waals surface area contributed by atoms with Crippen molar-refractivity contribution in [2.24, 2.45) is 0 Å². The number of para-hydroxylation sites is 1. The third kappa shape index (κ3) is 2.64. The highest BCUT2D eigenvalue weighted by Gasteiger charge is 2.53. The third-order valence-electron chi connectivity index (χ3n) is 6.06. The van der Waals surface area contributed by atoms with E-state index >= 15 is 0 Å². The summed E-state index contributed by atoms with van der Waals surface area (Å²) in [5, 5.41) is 9.93. The van der Waals surface area contributed by atoms with Crippen LogP contribution in [0.25, 0.3) is 10.9 Å². The van der Waals surface area contributed by atoms with Crippen molar-refractivity contribution in [2.75, 3.05) is 26.2 Å². The third-order valence-corrected chi connectivity index (χ3v) is 6.06. The number of H-pyrrole nitrogens is 1. The Balaban J connectivity index is 1.72. The molecule has 2 amide bonds. The highest BCUT2D eigenvalue weighted by atomic mass is 19.1. The fourth-order valence-electron chi connectivity index (χ4n) is 4.72. The lowest BCUT2D eigenvalue weighted by Gasteiger charge is -2.44. The molecule has 27 heavy (non-hydrogen) atoms. The van der Waals surface area contributed by atoms with Gasteiger partial charge >= 0.3 is 0 Å². The molecule has 1 spiro atoms. The second-order valence-electron chi connectivity index (χ2n) is 7.50. The van der Waals surface area contributed by atoms with Crippen LogP contribution in [0.2, 0.25) is 0 Å². The molecule has 2 fully saturated rings. The number of carbonyl (C=O) groups excluding carboxylic acids is 2. The summed E-state index contributed by atoms with van der Waals surface area (Å²) in [4.78, 5) is 32.8. The quantitative estimate of drug-likeness (QED) is 0.866. The summed E-state index contributed by atoms with van der Waals surface area (Å²) in [7, 11) is 0. The Kier molecular flexibility index (Phi) is 4.42. The molecule has 0 saturated carbocycles. The number of aromatic amines is 1. The maximum atomic E-state index is 14.1. The molecule has 1 atom stereocenters. The zero-order valence-electron chi connectivity index (χ0n) is 15.4. The van der Waals surface area contributed by atoms with E-state index in [0.717, 1.165) is 12.8 Å². The van der Waals surface area contributed by atoms with Gasteiger partial charge in [0.1, 0.15) is 17.1 Å². The highest BCUT2D eigenvalue weighted by molar-refractivity contribution is 6.04. The van der Waals surface area contributed by atoms with Gasteiger partial charge in [-0.25, -0.2) is 4.39 Å². The number of hydrogen-bond acceptors (Lipinski definition) is 3. The lowest BCUT2D eigenvalue weighted by Crippen LogP contribution is -2.61. The average molecular weight is 373 g/mol. The first-order valence-electron chi connectivity index (χ1n) is 9.48. The van der Waals surface area contributed by atoms with Crippen molar-refractivity contribution in [2.45, 2.75) is 38.1 Å². The maximum absolute atomic E-state index is 14.1. The van der Waals surface area contributed by atoms with Gasteiger partial charge in [0.2, 0.25) is 5.91 Å². The second kappa shape index (κ2) is 6.64. The number of piperidine rings is 1. The molecule has 0 radical (unpaired) electrons. The number of β-amino-alcohol motifs (C(OH)–C–C–N with tert-alkyl or cyclic N) is 1. The van der Waals surface area contributed by atoms with Gasteiger partial charge in [-0.3, -0.25) is 9.59 Å². The van der Waals surface area contributed by atoms with Gasteiger partial charge in [-0.15, -0.1) is 0 Å². The van der Waals surface area contributed by atoms with E-state index in [2.05, 4.69) is 4.98 Å². The summed E-state index contributed by atoms with van der Waals surface area (Å²) >= 11 is 0. The Labute approximate surface area is 156 Å². The van der Waals surface area contributed by atoms with Crippen LogP contribution in [0.1, 0.15) is 41.7 Å². The minimum absolute atomic E-state index is 0.0754. The van der Waals surface area contributed by atoms with Gasteiger partial charge in [0, 0.05) is 25.0 Å². The lowest BCUT2D eigenvalue weighted by molar-refractivity contribution is -0.146. The normalized spacial score (nSPS) is 23.0. The number of halogens is 1. The molecule has 3 heterocycles. The number of carbonyl (C=O) groups is 2. The minimum atomic E-state index is -0.840. The predicted octanol–water partition coefficient (Wildman–Crippen LogP) is 2.20. The Morgan fingerprint density at radius 1 is 1.30 bits per heavy atom. The van der Waals surface area contributed by atoms with Crippen LogP contribution >= 0.6 is 0 Å². The Morgan fingerprint density at radius 2 is 2.04 bits per heavy atom. The monoisotopic (exact) mass is 373 g/mol. The zero-order chi connectivity index (χ0) is 19.2. The van der Waals surface area contributed by atoms with Crippen molar-refractivity contribution in [1.29, 1.82) is 0 Å². The average Bonchev–Trinajstić information content (AvgIpc) is 3.22. The zero-order valence-corrected chi connectivity index (χ0v) is 15.4. The Morgan fingerprint density at radius 3 is 2.74 bits per heavy atom. The van der Waals surface area contributed by atoms with Crippen molar-refractivity contribution < 1.29 is 19.1 Å². The highest BCUT2D eigenvalue weighted by Crippen LogP contribution is 2.39. The van der Waals surface area contributed by atoms with Crippen LogP contribution < -0.4 is 0 Å². The summed E-state index contributed by atoms with van der Waals surface area (Å²) in [6.07, 6.45) is 2.83. The number of hydrogen-bond donors (Lipinski definition) is 2. The summed E-state index contributed by atoms with van der Waals surface area (Å²) in [5.41, 5.74) is 0.534. The summed E-state index contributed by atoms with van der Waals surface area (Å²) in [5.74, 6) is -0.720. The number of likely N-dealkylation sites (tertiary alicyclic amines) is 2. The van der Waals surface area contributed by atoms with Crippen molar-refractivity contribution >= 4 is 22.7 Å². The van der Waals surface area contributed by atoms with Crippen LogP contribution in [0.5, 0.6) is 0 Å². The number of aliphatic hydroxyl groups excluding tert-OH is 1. The van der Waals surface area contributed by atoms with E-state index in [1.807, 2.05) is 0 Å². The maximum Gasteiger partial charge on any atom is 0.271 e. The molecule has 1 aromatic carbocycles. The van der Waals surface area contributed by atoms with E-state index in [4.69, 9.17) is 0 Å². The topological polar surface area (TPSA) is 76.6 Å². The number of aliphatic hydroxyl groups is 1. The first-order valence-corrected chi connectivity index (χ1v) is 9.48. The number of aryl methyl sites for hydroxylation is 1. The van der Waals surface area contributed by atoms with Crippen LogP contribution in [0, 0.1) is 12.7 Å². The van der Waals surface area contributed by atoms with E-state index in [1.165, 1.54) is 6.07 Å². The van der Waals surface area contributed by atoms with Gasteiger partial charge in [-0.05, 0) is 44.2 Å². The van der Waals surface area contributed by atoms with E-state index in [1.54, 1.807) is 28.9 Å². The van der Waals surface area contributed by atoms with Gasteiger partial charge in [0.15, 0.2) is 0 Å². The number of aromatic nitrogens is 1. The van der Waals surface area contributed by atoms with Crippen LogP contribution in [0.15, 0.2) is 18.2 Å². The number of amides is 2. The van der Waals surface area contributed by atoms with Crippen LogP contribution in [0.4, 0.5) is 4.39 Å². The largest absolute Gasteiger partial charge is 0.395 e. The molecule has 2 saturated heterocycles. The predicted molar refractivity (Wildman–Crippen MR) is 98.9 cm³/mol. The lowest BCUT2D eigenvalue weighted by atomic mass is 9.85. The van der Waals surface area contributed by atoms with Crippen molar-refractivity contribution in [3.05, 3.63) is 35.3 Å². The number of nitrogens with zero attached hydrogens (tertiary/aromatic N) is 2. The SMILES string of the molecule is Cc1c(C(=O)N2CCCC23CCCN(CCO)C3=O)[nH]c2c(F)cccc12. The fourth-order valence-corrected chi connectivity index (χ4v) is 4.72. The Hall–Kier alpha value is -2.41. The summed E-state index contributed by atoms with van der Waals surface area (Å²) in [6.45, 7) is 3.12. The first-order chi connectivity index (χ1) is 13.0. The summed E-state index contributed by atoms with van der Waals surface area (Å²) in [6, 6.07) is 4.78. The second-order valence-corrected chi connectivity index (χ2v) is 7.50. The minimum Gasteiger partial charge on any atom is -0.395 e. The van der Waals surface area contributed by atoms with Gasteiger partial charge < -0.3 is 19.9 Å².